The highest BCUT2D eigenvalue weighted by Gasteiger charge is 2.33. The van der Waals surface area contributed by atoms with Crippen LogP contribution >= 0.6 is 0 Å². The van der Waals surface area contributed by atoms with Gasteiger partial charge in [-0.1, -0.05) is 6.07 Å². The molecule has 0 radical (unpaired) electrons. The van der Waals surface area contributed by atoms with Gasteiger partial charge in [0.25, 0.3) is 0 Å². The minimum Gasteiger partial charge on any atom is -0.507 e. The van der Waals surface area contributed by atoms with Gasteiger partial charge in [0.2, 0.25) is 0 Å². The maximum Gasteiger partial charge on any atom is 0.127 e. The zero-order valence-electron chi connectivity index (χ0n) is 11.1. The van der Waals surface area contributed by atoms with Crippen molar-refractivity contribution in [2.75, 3.05) is 26.7 Å². The van der Waals surface area contributed by atoms with E-state index in [2.05, 4.69) is 11.9 Å². The van der Waals surface area contributed by atoms with Gasteiger partial charge in [-0.05, 0) is 45.0 Å². The first-order chi connectivity index (χ1) is 8.67. The Balaban J connectivity index is 2.32. The second kappa shape index (κ2) is 5.59. The maximum atomic E-state index is 10.1. The normalized spacial score (nSPS) is 24.4. The summed E-state index contributed by atoms with van der Waals surface area (Å²) in [5.41, 5.74) is 6.65. The molecule has 2 rings (SSSR count). The van der Waals surface area contributed by atoms with Crippen molar-refractivity contribution in [3.8, 4) is 11.5 Å². The third kappa shape index (κ3) is 2.44. The summed E-state index contributed by atoms with van der Waals surface area (Å²) in [7, 11) is 2.07. The summed E-state index contributed by atoms with van der Waals surface area (Å²) in [5.74, 6) is 1.59. The Morgan fingerprint density at radius 3 is 2.89 bits per heavy atom. The van der Waals surface area contributed by atoms with E-state index in [0.717, 1.165) is 24.3 Å². The Morgan fingerprint density at radius 1 is 1.50 bits per heavy atom. The van der Waals surface area contributed by atoms with Crippen LogP contribution in [0.25, 0.3) is 0 Å². The van der Waals surface area contributed by atoms with Gasteiger partial charge >= 0.3 is 0 Å². The van der Waals surface area contributed by atoms with E-state index in [9.17, 15) is 5.11 Å². The minimum atomic E-state index is 0.196. The molecule has 1 heterocycles. The third-order valence-electron chi connectivity index (χ3n) is 3.64. The fraction of sp³-hybridized carbons (Fsp3) is 0.571. The van der Waals surface area contributed by atoms with Gasteiger partial charge in [0, 0.05) is 12.6 Å². The van der Waals surface area contributed by atoms with Crippen molar-refractivity contribution in [3.05, 3.63) is 23.8 Å². The van der Waals surface area contributed by atoms with Crippen LogP contribution in [-0.4, -0.2) is 36.8 Å². The van der Waals surface area contributed by atoms with Crippen molar-refractivity contribution in [2.24, 2.45) is 11.7 Å². The summed E-state index contributed by atoms with van der Waals surface area (Å²) >= 11 is 0. The van der Waals surface area contributed by atoms with Crippen molar-refractivity contribution in [1.29, 1.82) is 0 Å². The van der Waals surface area contributed by atoms with E-state index in [4.69, 9.17) is 10.5 Å². The lowest BCUT2D eigenvalue weighted by molar-refractivity contribution is 0.282. The standard InChI is InChI=1S/C14H22N2O2/c1-3-18-13-6-4-5-12(17)14(13)11-7-10(8-15)9-16(11)2/h4-6,10-11,17H,3,7-9,15H2,1-2H3. The van der Waals surface area contributed by atoms with Crippen LogP contribution in [-0.2, 0) is 0 Å². The highest BCUT2D eigenvalue weighted by molar-refractivity contribution is 5.46. The van der Waals surface area contributed by atoms with E-state index >= 15 is 0 Å². The molecule has 1 aromatic rings. The Kier molecular flexibility index (Phi) is 4.09. The molecule has 1 aliphatic rings. The Hall–Kier alpha value is -1.26. The number of phenolic OH excluding ortho intramolecular Hbond substituents is 1. The van der Waals surface area contributed by atoms with Crippen molar-refractivity contribution >= 4 is 0 Å². The van der Waals surface area contributed by atoms with Gasteiger partial charge in [0.1, 0.15) is 11.5 Å². The van der Waals surface area contributed by atoms with Gasteiger partial charge in [-0.3, -0.25) is 4.90 Å². The van der Waals surface area contributed by atoms with E-state index in [1.807, 2.05) is 19.1 Å². The van der Waals surface area contributed by atoms with Crippen LogP contribution in [0.15, 0.2) is 18.2 Å². The first kappa shape index (κ1) is 13.2. The largest absolute Gasteiger partial charge is 0.507 e. The molecule has 0 spiro atoms. The molecule has 18 heavy (non-hydrogen) atoms. The van der Waals surface area contributed by atoms with Crippen molar-refractivity contribution < 1.29 is 9.84 Å². The SMILES string of the molecule is CCOc1cccc(O)c1C1CC(CN)CN1C. The van der Waals surface area contributed by atoms with Crippen LogP contribution in [0.3, 0.4) is 0 Å². The van der Waals surface area contributed by atoms with Crippen molar-refractivity contribution in [3.63, 3.8) is 0 Å². The number of nitrogens with two attached hydrogens (primary N) is 1. The average Bonchev–Trinajstić information content (AvgIpc) is 2.71. The fourth-order valence-electron chi connectivity index (χ4n) is 2.76. The number of likely N-dealkylation sites (tertiary alicyclic amines) is 1. The first-order valence-electron chi connectivity index (χ1n) is 6.52. The zero-order valence-corrected chi connectivity index (χ0v) is 11.1. The van der Waals surface area contributed by atoms with E-state index in [-0.39, 0.29) is 6.04 Å². The van der Waals surface area contributed by atoms with Gasteiger partial charge in [0.15, 0.2) is 0 Å². The smallest absolute Gasteiger partial charge is 0.127 e. The molecule has 4 heteroatoms. The first-order valence-corrected chi connectivity index (χ1v) is 6.52. The Bertz CT molecular complexity index is 409. The molecule has 2 atom stereocenters. The van der Waals surface area contributed by atoms with Crippen molar-refractivity contribution in [1.82, 2.24) is 4.90 Å². The average molecular weight is 250 g/mol. The highest BCUT2D eigenvalue weighted by Crippen LogP contribution is 2.42. The molecule has 100 valence electrons. The Labute approximate surface area is 108 Å². The number of benzene rings is 1. The molecule has 0 aromatic heterocycles. The third-order valence-corrected chi connectivity index (χ3v) is 3.64. The number of rotatable bonds is 4. The van der Waals surface area contributed by atoms with E-state index in [0.29, 0.717) is 24.8 Å². The summed E-state index contributed by atoms with van der Waals surface area (Å²) in [6.07, 6.45) is 0.977. The summed E-state index contributed by atoms with van der Waals surface area (Å²) < 4.78 is 5.63. The molecule has 0 bridgehead atoms. The molecule has 1 aliphatic heterocycles. The zero-order chi connectivity index (χ0) is 13.1. The monoisotopic (exact) mass is 250 g/mol. The maximum absolute atomic E-state index is 10.1. The number of hydrogen-bond acceptors (Lipinski definition) is 4. The Morgan fingerprint density at radius 2 is 2.28 bits per heavy atom. The van der Waals surface area contributed by atoms with Gasteiger partial charge in [0.05, 0.1) is 12.2 Å². The molecule has 3 N–H and O–H groups in total. The van der Waals surface area contributed by atoms with Crippen LogP contribution < -0.4 is 10.5 Å². The summed E-state index contributed by atoms with van der Waals surface area (Å²) in [6.45, 7) is 4.22. The van der Waals surface area contributed by atoms with Crippen LogP contribution in [0.2, 0.25) is 0 Å². The number of aromatic hydroxyl groups is 1. The molecular formula is C14H22N2O2. The van der Waals surface area contributed by atoms with E-state index in [1.54, 1.807) is 6.07 Å². The molecule has 4 nitrogen and oxygen atoms in total. The molecular weight excluding hydrogens is 228 g/mol. The van der Waals surface area contributed by atoms with Gasteiger partial charge in [-0.2, -0.15) is 0 Å². The molecule has 2 unspecified atom stereocenters. The van der Waals surface area contributed by atoms with Crippen LogP contribution in [0.5, 0.6) is 11.5 Å². The molecule has 1 saturated heterocycles. The minimum absolute atomic E-state index is 0.196. The van der Waals surface area contributed by atoms with E-state index < -0.39 is 0 Å². The fourth-order valence-corrected chi connectivity index (χ4v) is 2.76. The van der Waals surface area contributed by atoms with Crippen LogP contribution in [0, 0.1) is 5.92 Å². The predicted molar refractivity (Wildman–Crippen MR) is 71.8 cm³/mol. The quantitative estimate of drug-likeness (QED) is 0.854. The summed E-state index contributed by atoms with van der Waals surface area (Å²) in [6, 6.07) is 5.66. The topological polar surface area (TPSA) is 58.7 Å². The van der Waals surface area contributed by atoms with E-state index in [1.165, 1.54) is 0 Å². The molecule has 0 aliphatic carbocycles. The molecule has 1 aromatic carbocycles. The van der Waals surface area contributed by atoms with Gasteiger partial charge in [-0.15, -0.1) is 0 Å². The second-order valence-electron chi connectivity index (χ2n) is 4.91. The second-order valence-corrected chi connectivity index (χ2v) is 4.91. The summed E-state index contributed by atoms with van der Waals surface area (Å²) in [5, 5.41) is 10.1. The lowest BCUT2D eigenvalue weighted by Crippen LogP contribution is -2.21. The predicted octanol–water partition coefficient (Wildman–Crippen LogP) is 1.74. The van der Waals surface area contributed by atoms with Crippen LogP contribution in [0.4, 0.5) is 0 Å². The molecule has 0 amide bonds. The lowest BCUT2D eigenvalue weighted by Gasteiger charge is -2.23. The van der Waals surface area contributed by atoms with Gasteiger partial charge < -0.3 is 15.6 Å². The molecule has 1 fully saturated rings. The number of phenols is 1. The highest BCUT2D eigenvalue weighted by atomic mass is 16.5. The lowest BCUT2D eigenvalue weighted by atomic mass is 9.98. The number of ether oxygens (including phenoxy) is 1. The summed E-state index contributed by atoms with van der Waals surface area (Å²) in [4.78, 5) is 2.25. The van der Waals surface area contributed by atoms with Crippen molar-refractivity contribution in [2.45, 2.75) is 19.4 Å². The van der Waals surface area contributed by atoms with Gasteiger partial charge in [-0.25, -0.2) is 0 Å². The van der Waals surface area contributed by atoms with Crippen LogP contribution in [0.1, 0.15) is 24.9 Å². The molecule has 0 saturated carbocycles. The number of nitrogens with zero attached hydrogens (tertiary/aromatic N) is 1. The number of hydrogen-bond donors (Lipinski definition) is 2.